The lowest BCUT2D eigenvalue weighted by Gasteiger charge is -2.31. The number of fused-ring (bicyclic) bond motifs is 6. The Bertz CT molecular complexity index is 2300. The number of nitrogens with zero attached hydrogens (tertiary/aromatic N) is 4. The van der Waals surface area contributed by atoms with Crippen LogP contribution in [0.25, 0.3) is 50.0 Å². The van der Waals surface area contributed by atoms with Crippen molar-refractivity contribution >= 4 is 21.8 Å². The Morgan fingerprint density at radius 1 is 0.540 bits per heavy atom. The second-order valence-corrected chi connectivity index (χ2v) is 14.5. The molecule has 3 atom stereocenters. The van der Waals surface area contributed by atoms with Gasteiger partial charge in [-0.2, -0.15) is 0 Å². The first-order valence-corrected chi connectivity index (χ1v) is 18.5. The maximum absolute atomic E-state index is 6.87. The summed E-state index contributed by atoms with van der Waals surface area (Å²) in [6.07, 6.45) is 9.19. The van der Waals surface area contributed by atoms with Crippen LogP contribution in [0.2, 0.25) is 0 Å². The number of hydrogen-bond donors (Lipinski definition) is 0. The van der Waals surface area contributed by atoms with E-state index in [1.165, 1.54) is 63.4 Å². The predicted octanol–water partition coefficient (Wildman–Crippen LogP) is 11.2. The highest BCUT2D eigenvalue weighted by Crippen LogP contribution is 2.52. The molecule has 0 N–H and O–H groups in total. The Hall–Kier alpha value is -5.29. The highest BCUT2D eigenvalue weighted by Gasteiger charge is 2.42. The van der Waals surface area contributed by atoms with Gasteiger partial charge in [0.2, 0.25) is 0 Å². The van der Waals surface area contributed by atoms with E-state index in [9.17, 15) is 0 Å². The van der Waals surface area contributed by atoms with Crippen LogP contribution in [0.4, 0.5) is 0 Å². The van der Waals surface area contributed by atoms with E-state index in [0.29, 0.717) is 11.8 Å². The quantitative estimate of drug-likeness (QED) is 0.186. The minimum absolute atomic E-state index is 0.0951. The van der Waals surface area contributed by atoms with Crippen molar-refractivity contribution in [3.63, 3.8) is 0 Å². The van der Waals surface area contributed by atoms with E-state index < -0.39 is 0 Å². The molecule has 10 rings (SSSR count). The topological polar surface area (TPSA) is 52.8 Å². The lowest BCUT2D eigenvalue weighted by molar-refractivity contribution is 0.149. The molecule has 2 aliphatic carbocycles. The molecular weight excluding hydrogens is 613 g/mol. The Balaban J connectivity index is 1.01. The minimum atomic E-state index is 0.0951. The summed E-state index contributed by atoms with van der Waals surface area (Å²) in [5, 5.41) is 2.57. The van der Waals surface area contributed by atoms with Gasteiger partial charge in [-0.05, 0) is 73.6 Å². The molecule has 2 aromatic heterocycles. The van der Waals surface area contributed by atoms with Gasteiger partial charge in [-0.3, -0.25) is 0 Å². The zero-order valence-electron chi connectivity index (χ0n) is 28.2. The van der Waals surface area contributed by atoms with Crippen LogP contribution < -0.4 is 4.74 Å². The standard InChI is InChI=1S/C45H40N4O/c1-3-13-29(14-4-1)31-17-11-18-32(27-31)44-46-43(30-15-5-2-6-16-30)47-45(48-44)33-25-26-36-41(28-33)50-40-24-12-23-39(42(36)40)49-37-21-9-7-19-34(37)35-20-8-10-22-38(35)49/h1,3-4,7-14,17-24,27,30,33,36,41H,2,5-6,15-16,25-26,28H2. The molecule has 0 bridgehead atoms. The van der Waals surface area contributed by atoms with Crippen LogP contribution in [0.3, 0.4) is 0 Å². The number of aromatic nitrogens is 4. The second kappa shape index (κ2) is 12.2. The monoisotopic (exact) mass is 652 g/mol. The third kappa shape index (κ3) is 5.02. The van der Waals surface area contributed by atoms with Crippen molar-refractivity contribution in [1.82, 2.24) is 19.5 Å². The molecule has 0 saturated heterocycles. The molecule has 50 heavy (non-hydrogen) atoms. The molecule has 7 aromatic rings. The summed E-state index contributed by atoms with van der Waals surface area (Å²) >= 11 is 0. The number of para-hydroxylation sites is 2. The first kappa shape index (κ1) is 29.6. The molecule has 3 heterocycles. The molecule has 1 aliphatic heterocycles. The zero-order chi connectivity index (χ0) is 33.0. The highest BCUT2D eigenvalue weighted by atomic mass is 16.5. The van der Waals surface area contributed by atoms with E-state index in [1.54, 1.807) is 0 Å². The van der Waals surface area contributed by atoms with Crippen molar-refractivity contribution in [2.75, 3.05) is 0 Å². The van der Waals surface area contributed by atoms with Gasteiger partial charge in [0.1, 0.15) is 23.5 Å². The summed E-state index contributed by atoms with van der Waals surface area (Å²) in [5.74, 6) is 4.72. The van der Waals surface area contributed by atoms with Gasteiger partial charge in [0, 0.05) is 39.7 Å². The average molecular weight is 653 g/mol. The van der Waals surface area contributed by atoms with Crippen molar-refractivity contribution in [2.24, 2.45) is 0 Å². The summed E-state index contributed by atoms with van der Waals surface area (Å²) in [6.45, 7) is 0. The summed E-state index contributed by atoms with van der Waals surface area (Å²) in [5.41, 5.74) is 8.51. The molecule has 0 radical (unpaired) electrons. The van der Waals surface area contributed by atoms with Gasteiger partial charge < -0.3 is 9.30 Å². The maximum Gasteiger partial charge on any atom is 0.163 e. The third-order valence-corrected chi connectivity index (χ3v) is 11.5. The van der Waals surface area contributed by atoms with E-state index in [2.05, 4.69) is 126 Å². The van der Waals surface area contributed by atoms with Crippen molar-refractivity contribution in [2.45, 2.75) is 75.2 Å². The molecule has 5 nitrogen and oxygen atoms in total. The van der Waals surface area contributed by atoms with Crippen molar-refractivity contribution < 1.29 is 4.74 Å². The van der Waals surface area contributed by atoms with Gasteiger partial charge in [-0.15, -0.1) is 0 Å². The average Bonchev–Trinajstić information content (AvgIpc) is 3.74. The zero-order valence-corrected chi connectivity index (χ0v) is 28.2. The van der Waals surface area contributed by atoms with E-state index in [4.69, 9.17) is 19.7 Å². The van der Waals surface area contributed by atoms with E-state index in [-0.39, 0.29) is 12.0 Å². The van der Waals surface area contributed by atoms with E-state index in [1.807, 2.05) is 0 Å². The number of hydrogen-bond acceptors (Lipinski definition) is 4. The smallest absolute Gasteiger partial charge is 0.163 e. The molecule has 2 fully saturated rings. The van der Waals surface area contributed by atoms with E-state index >= 15 is 0 Å². The minimum Gasteiger partial charge on any atom is -0.489 e. The number of benzene rings is 5. The molecule has 0 spiro atoms. The van der Waals surface area contributed by atoms with Crippen LogP contribution in [0.15, 0.2) is 121 Å². The van der Waals surface area contributed by atoms with Crippen LogP contribution in [0.5, 0.6) is 5.75 Å². The van der Waals surface area contributed by atoms with Gasteiger partial charge in [0.05, 0.1) is 16.7 Å². The third-order valence-electron chi connectivity index (χ3n) is 11.5. The van der Waals surface area contributed by atoms with Crippen molar-refractivity contribution in [3.8, 4) is 34.0 Å². The van der Waals surface area contributed by atoms with Crippen LogP contribution in [-0.2, 0) is 0 Å². The van der Waals surface area contributed by atoms with Crippen LogP contribution in [-0.4, -0.2) is 25.6 Å². The van der Waals surface area contributed by atoms with Crippen LogP contribution in [0, 0.1) is 0 Å². The van der Waals surface area contributed by atoms with Crippen molar-refractivity contribution in [3.05, 3.63) is 139 Å². The summed E-state index contributed by atoms with van der Waals surface area (Å²) in [4.78, 5) is 15.7. The van der Waals surface area contributed by atoms with Crippen LogP contribution >= 0.6 is 0 Å². The Labute approximate surface area is 293 Å². The first-order chi connectivity index (χ1) is 24.8. The van der Waals surface area contributed by atoms with Gasteiger partial charge in [-0.25, -0.2) is 15.0 Å². The Kier molecular flexibility index (Phi) is 7.25. The fraction of sp³-hybridized carbons (Fsp3) is 0.267. The predicted molar refractivity (Wildman–Crippen MR) is 201 cm³/mol. The van der Waals surface area contributed by atoms with Gasteiger partial charge in [-0.1, -0.05) is 110 Å². The second-order valence-electron chi connectivity index (χ2n) is 14.5. The van der Waals surface area contributed by atoms with Crippen LogP contribution in [0.1, 0.15) is 86.3 Å². The summed E-state index contributed by atoms with van der Waals surface area (Å²) in [6, 6.07) is 43.4. The first-order valence-electron chi connectivity index (χ1n) is 18.5. The molecule has 5 heteroatoms. The molecular formula is C45H40N4O. The molecule has 246 valence electrons. The molecule has 3 aliphatic rings. The maximum atomic E-state index is 6.87. The summed E-state index contributed by atoms with van der Waals surface area (Å²) < 4.78 is 9.33. The lowest BCUT2D eigenvalue weighted by atomic mass is 9.77. The molecule has 3 unspecified atom stereocenters. The lowest BCUT2D eigenvalue weighted by Crippen LogP contribution is -2.28. The number of rotatable bonds is 5. The molecule has 2 saturated carbocycles. The molecule has 0 amide bonds. The normalized spacial score (nSPS) is 20.4. The van der Waals surface area contributed by atoms with Gasteiger partial charge in [0.15, 0.2) is 5.82 Å². The Morgan fingerprint density at radius 3 is 1.98 bits per heavy atom. The van der Waals surface area contributed by atoms with Crippen molar-refractivity contribution in [1.29, 1.82) is 0 Å². The summed E-state index contributed by atoms with van der Waals surface area (Å²) in [7, 11) is 0. The van der Waals surface area contributed by atoms with E-state index in [0.717, 1.165) is 60.9 Å². The Morgan fingerprint density at radius 2 is 1.20 bits per heavy atom. The fourth-order valence-electron chi connectivity index (χ4n) is 9.11. The fourth-order valence-corrected chi connectivity index (χ4v) is 9.11. The molecule has 5 aromatic carbocycles. The SMILES string of the molecule is c1ccc(-c2cccc(-c3nc(C4CCCCC4)nc(C4CCC5c6c(cccc6-n6c7ccccc7c7ccccc76)OC5C4)n3)c2)cc1. The number of ether oxygens (including phenoxy) is 1. The van der Waals surface area contributed by atoms with Gasteiger partial charge in [0.25, 0.3) is 0 Å². The van der Waals surface area contributed by atoms with Gasteiger partial charge >= 0.3 is 0 Å². The highest BCUT2D eigenvalue weighted by molar-refractivity contribution is 6.09. The largest absolute Gasteiger partial charge is 0.489 e.